The van der Waals surface area contributed by atoms with Gasteiger partial charge in [0.25, 0.3) is 0 Å². The maximum atomic E-state index is 14.1. The average Bonchev–Trinajstić information content (AvgIpc) is 2.16. The molecule has 0 aromatic heterocycles. The Morgan fingerprint density at radius 1 is 1.31 bits per heavy atom. The van der Waals surface area contributed by atoms with Crippen molar-refractivity contribution in [2.75, 3.05) is 0 Å². The molecule has 0 saturated heterocycles. The molecule has 2 rings (SSSR count). The monoisotopic (exact) mass is 226 g/mol. The van der Waals surface area contributed by atoms with Gasteiger partial charge in [-0.1, -0.05) is 18.6 Å². The molecule has 1 N–H and O–H groups in total. The molecule has 1 saturated carbocycles. The van der Waals surface area contributed by atoms with Gasteiger partial charge in [0.05, 0.1) is 0 Å². The van der Waals surface area contributed by atoms with Gasteiger partial charge in [-0.05, 0) is 30.5 Å². The van der Waals surface area contributed by atoms with Crippen molar-refractivity contribution in [3.05, 3.63) is 35.6 Å². The molecule has 86 valence electrons. The minimum Gasteiger partial charge on any atom is -0.481 e. The smallest absolute Gasteiger partial charge is 0.312 e. The van der Waals surface area contributed by atoms with Crippen molar-refractivity contribution in [2.45, 2.75) is 25.4 Å². The molecule has 1 aromatic carbocycles. The Labute approximate surface area is 91.9 Å². The van der Waals surface area contributed by atoms with E-state index in [4.69, 9.17) is 5.11 Å². The highest BCUT2D eigenvalue weighted by Crippen LogP contribution is 2.52. The molecule has 0 spiro atoms. The van der Waals surface area contributed by atoms with E-state index in [1.54, 1.807) is 0 Å². The van der Waals surface area contributed by atoms with Crippen molar-refractivity contribution < 1.29 is 18.7 Å². The highest BCUT2D eigenvalue weighted by atomic mass is 19.1. The molecule has 4 heteroatoms. The lowest BCUT2D eigenvalue weighted by Gasteiger charge is -2.40. The topological polar surface area (TPSA) is 37.3 Å². The van der Waals surface area contributed by atoms with Crippen molar-refractivity contribution in [2.24, 2.45) is 5.41 Å². The van der Waals surface area contributed by atoms with Crippen LogP contribution in [0.1, 0.15) is 31.0 Å². The summed E-state index contributed by atoms with van der Waals surface area (Å²) < 4.78 is 26.8. The number of carboxylic acids is 1. The number of carboxylic acid groups (broad SMARTS) is 1. The number of aliphatic carboxylic acids is 1. The molecule has 1 atom stereocenters. The standard InChI is InChI=1S/C12H12F2O2/c13-9-4-2-8(3-5-9)10(14)12(11(15)16)6-1-7-12/h2-5,10H,1,6-7H2,(H,15,16). The number of hydrogen-bond donors (Lipinski definition) is 1. The Kier molecular flexibility index (Phi) is 2.66. The summed E-state index contributed by atoms with van der Waals surface area (Å²) >= 11 is 0. The van der Waals surface area contributed by atoms with Crippen LogP contribution < -0.4 is 0 Å². The van der Waals surface area contributed by atoms with Crippen molar-refractivity contribution >= 4 is 5.97 Å². The number of benzene rings is 1. The summed E-state index contributed by atoms with van der Waals surface area (Å²) in [7, 11) is 0. The number of rotatable bonds is 3. The highest BCUT2D eigenvalue weighted by Gasteiger charge is 2.51. The van der Waals surface area contributed by atoms with Gasteiger partial charge in [0.1, 0.15) is 17.4 Å². The summed E-state index contributed by atoms with van der Waals surface area (Å²) in [6.07, 6.45) is -0.130. The van der Waals surface area contributed by atoms with Crippen LogP contribution in [-0.2, 0) is 4.79 Å². The zero-order chi connectivity index (χ0) is 11.8. The summed E-state index contributed by atoms with van der Waals surface area (Å²) in [4.78, 5) is 11.1. The first kappa shape index (κ1) is 11.0. The molecule has 16 heavy (non-hydrogen) atoms. The van der Waals surface area contributed by atoms with Crippen molar-refractivity contribution in [3.8, 4) is 0 Å². The zero-order valence-electron chi connectivity index (χ0n) is 8.62. The Bertz CT molecular complexity index is 396. The van der Waals surface area contributed by atoms with Crippen LogP contribution in [0.25, 0.3) is 0 Å². The second-order valence-corrected chi connectivity index (χ2v) is 4.23. The first-order valence-electron chi connectivity index (χ1n) is 5.19. The molecule has 1 aliphatic rings. The zero-order valence-corrected chi connectivity index (χ0v) is 8.62. The molecule has 1 aliphatic carbocycles. The van der Waals surface area contributed by atoms with Gasteiger partial charge < -0.3 is 5.11 Å². The van der Waals surface area contributed by atoms with Crippen LogP contribution in [0.5, 0.6) is 0 Å². The predicted octanol–water partition coefficient (Wildman–Crippen LogP) is 3.09. The number of alkyl halides is 1. The van der Waals surface area contributed by atoms with Gasteiger partial charge in [0.15, 0.2) is 0 Å². The van der Waals surface area contributed by atoms with Gasteiger partial charge >= 0.3 is 5.97 Å². The van der Waals surface area contributed by atoms with Gasteiger partial charge in [-0.15, -0.1) is 0 Å². The molecular weight excluding hydrogens is 214 g/mol. The Balaban J connectivity index is 2.27. The second-order valence-electron chi connectivity index (χ2n) is 4.23. The Hall–Kier alpha value is -1.45. The lowest BCUT2D eigenvalue weighted by Crippen LogP contribution is -2.41. The molecule has 1 fully saturated rings. The van der Waals surface area contributed by atoms with Gasteiger partial charge in [0.2, 0.25) is 0 Å². The van der Waals surface area contributed by atoms with Crippen LogP contribution in [-0.4, -0.2) is 11.1 Å². The van der Waals surface area contributed by atoms with E-state index in [2.05, 4.69) is 0 Å². The van der Waals surface area contributed by atoms with E-state index in [9.17, 15) is 13.6 Å². The fourth-order valence-electron chi connectivity index (χ4n) is 2.08. The molecular formula is C12H12F2O2. The summed E-state index contributed by atoms with van der Waals surface area (Å²) in [6.45, 7) is 0. The van der Waals surface area contributed by atoms with E-state index < -0.39 is 23.4 Å². The minimum atomic E-state index is -1.56. The third-order valence-electron chi connectivity index (χ3n) is 3.32. The largest absolute Gasteiger partial charge is 0.481 e. The van der Waals surface area contributed by atoms with Crippen molar-refractivity contribution in [1.82, 2.24) is 0 Å². The van der Waals surface area contributed by atoms with Gasteiger partial charge in [0, 0.05) is 0 Å². The molecule has 0 bridgehead atoms. The van der Waals surface area contributed by atoms with E-state index >= 15 is 0 Å². The highest BCUT2D eigenvalue weighted by molar-refractivity contribution is 5.77. The summed E-state index contributed by atoms with van der Waals surface area (Å²) in [5.74, 6) is -1.55. The minimum absolute atomic E-state index is 0.239. The number of hydrogen-bond acceptors (Lipinski definition) is 1. The molecule has 1 unspecified atom stereocenters. The summed E-state index contributed by atoms with van der Waals surface area (Å²) in [5.41, 5.74) is -1.05. The molecule has 0 heterocycles. The molecule has 0 radical (unpaired) electrons. The lowest BCUT2D eigenvalue weighted by molar-refractivity contribution is -0.161. The lowest BCUT2D eigenvalue weighted by atomic mass is 9.64. The van der Waals surface area contributed by atoms with Gasteiger partial charge in [-0.25, -0.2) is 8.78 Å². The Morgan fingerprint density at radius 3 is 2.25 bits per heavy atom. The van der Waals surface area contributed by atoms with Crippen LogP contribution >= 0.6 is 0 Å². The number of halogens is 2. The fraction of sp³-hybridized carbons (Fsp3) is 0.417. The van der Waals surface area contributed by atoms with Crippen LogP contribution in [0.4, 0.5) is 8.78 Å². The first-order valence-corrected chi connectivity index (χ1v) is 5.19. The Morgan fingerprint density at radius 2 is 1.88 bits per heavy atom. The van der Waals surface area contributed by atoms with Gasteiger partial charge in [-0.3, -0.25) is 4.79 Å². The fourth-order valence-corrected chi connectivity index (χ4v) is 2.08. The maximum absolute atomic E-state index is 14.1. The van der Waals surface area contributed by atoms with E-state index in [1.807, 2.05) is 0 Å². The summed E-state index contributed by atoms with van der Waals surface area (Å²) in [5, 5.41) is 9.06. The first-order chi connectivity index (χ1) is 7.56. The van der Waals surface area contributed by atoms with E-state index in [-0.39, 0.29) is 5.56 Å². The van der Waals surface area contributed by atoms with E-state index in [0.717, 1.165) is 18.6 Å². The molecule has 0 amide bonds. The van der Waals surface area contributed by atoms with Crippen molar-refractivity contribution in [1.29, 1.82) is 0 Å². The quantitative estimate of drug-likeness (QED) is 0.859. The second kappa shape index (κ2) is 3.85. The molecule has 2 nitrogen and oxygen atoms in total. The van der Waals surface area contributed by atoms with E-state index in [0.29, 0.717) is 12.8 Å². The predicted molar refractivity (Wildman–Crippen MR) is 54.2 cm³/mol. The third kappa shape index (κ3) is 1.58. The van der Waals surface area contributed by atoms with E-state index in [1.165, 1.54) is 12.1 Å². The maximum Gasteiger partial charge on any atom is 0.312 e. The summed E-state index contributed by atoms with van der Waals surface area (Å²) in [6, 6.07) is 4.91. The normalized spacial score (nSPS) is 19.9. The third-order valence-corrected chi connectivity index (χ3v) is 3.32. The van der Waals surface area contributed by atoms with Gasteiger partial charge in [-0.2, -0.15) is 0 Å². The van der Waals surface area contributed by atoms with Crippen molar-refractivity contribution in [3.63, 3.8) is 0 Å². The molecule has 1 aromatic rings. The average molecular weight is 226 g/mol. The molecule has 0 aliphatic heterocycles. The van der Waals surface area contributed by atoms with Crippen LogP contribution in [0.15, 0.2) is 24.3 Å². The van der Waals surface area contributed by atoms with Crippen LogP contribution in [0.2, 0.25) is 0 Å². The SMILES string of the molecule is O=C(O)C1(C(F)c2ccc(F)cc2)CCC1. The van der Waals surface area contributed by atoms with Crippen LogP contribution in [0.3, 0.4) is 0 Å². The van der Waals surface area contributed by atoms with Crippen LogP contribution in [0, 0.1) is 11.2 Å². The number of carbonyl (C=O) groups is 1.